The number of imide groups is 1. The summed E-state index contributed by atoms with van der Waals surface area (Å²) in [6, 6.07) is 69.8. The van der Waals surface area contributed by atoms with Gasteiger partial charge in [0.05, 0.1) is 82.9 Å². The number of likely N-dealkylation sites (N-methyl/N-ethyl adjacent to an activating group) is 2. The Balaban J connectivity index is 0.000000172. The van der Waals surface area contributed by atoms with E-state index in [0.29, 0.717) is 79.5 Å². The average Bonchev–Trinajstić information content (AvgIpc) is 1.63. The Labute approximate surface area is 731 Å². The number of para-hydroxylation sites is 3. The molecule has 6 fully saturated rings. The Morgan fingerprint density at radius 2 is 1.07 bits per heavy atom. The zero-order valence-corrected chi connectivity index (χ0v) is 73.5. The molecule has 0 bridgehead atoms. The summed E-state index contributed by atoms with van der Waals surface area (Å²) in [6.07, 6.45) is 2.56. The molecule has 6 saturated heterocycles. The van der Waals surface area contributed by atoms with E-state index in [9.17, 15) is 56.1 Å². The summed E-state index contributed by atoms with van der Waals surface area (Å²) in [4.78, 5) is 120. The second kappa shape index (κ2) is 44.7. The molecule has 1 N–H and O–H groups in total. The number of fused-ring (bicyclic) bond motifs is 1. The number of nitrogens with one attached hydrogen (secondary N) is 1. The molecule has 8 heterocycles. The number of amides is 10. The maximum absolute atomic E-state index is 12.8. The van der Waals surface area contributed by atoms with Gasteiger partial charge < -0.3 is 29.5 Å². The summed E-state index contributed by atoms with van der Waals surface area (Å²) in [5, 5.41) is 11.0. The summed E-state index contributed by atoms with van der Waals surface area (Å²) < 4.78 is 36.1. The monoisotopic (exact) mass is 1720 g/mol. The number of unbranched alkanes of at least 4 members (excludes halogenated alkanes) is 1. The minimum absolute atomic E-state index is 0. The Morgan fingerprint density at radius 1 is 0.569 bits per heavy atom. The van der Waals surface area contributed by atoms with Crippen LogP contribution in [0.15, 0.2) is 233 Å². The smallest absolute Gasteiger partial charge is 0.748 e. The number of rotatable bonds is 17. The third-order valence-electron chi connectivity index (χ3n) is 17.8. The van der Waals surface area contributed by atoms with Crippen molar-refractivity contribution in [3.63, 3.8) is 0 Å². The first-order chi connectivity index (χ1) is 55.1. The number of pyridine rings is 1. The standard InChI is InChI=1S/C17H16N2O2.C15H14N2O5S4.C14H18N.C12H13N3O2.C10H9NOS2.C9H8N2OS.C5H8N2OS.Na/c20-16-13-18(11-14-7-3-1-4-8-14)17(21)19(16)12-15-9-5-2-6-10-15;18-11-9-24-14(16(11)6-7-26(20,21)22)12-13(19)17(15(23)25-12)8-10-4-2-1-3-5-10;1-3-4-11-15-12(2)9-10-13-7-5-6-8-14(13)15;1-14(2)12(17)10-8-11(16)15(13-10)9-6-4-3-5-7-9;12-9-7-14-10(13)11(9)6-8-4-2-1-3-5-8;12-8-6-10-9(13)11(8)7-4-2-1-3-5-7;1-6-3-4(8)7(2)5(6)9;/h1-10H,11-13H2;1-5H,6-9H2,(H,20,21,22);5-10H,3-4,11H2,1-2H3;3-7H,8H2,1-2H3;1-5H,6-7H2;1-5H,6H2,(H,10,13);3H2,1-2H3;/q;;+1;;;;;+1/p-1/b;14-12+;;;;;;. The van der Waals surface area contributed by atoms with Gasteiger partial charge in [-0.05, 0) is 83.1 Å². The van der Waals surface area contributed by atoms with Gasteiger partial charge in [-0.1, -0.05) is 243 Å². The van der Waals surface area contributed by atoms with Crippen molar-refractivity contribution in [2.45, 2.75) is 65.8 Å². The van der Waals surface area contributed by atoms with Crippen LogP contribution in [0.4, 0.5) is 16.2 Å². The van der Waals surface area contributed by atoms with Crippen LogP contribution in [0.1, 0.15) is 54.1 Å². The molecule has 1 aromatic heterocycles. The number of hydrazone groups is 1. The van der Waals surface area contributed by atoms with E-state index in [1.165, 1.54) is 75.6 Å². The van der Waals surface area contributed by atoms with Crippen molar-refractivity contribution in [3.8, 4) is 0 Å². The van der Waals surface area contributed by atoms with Crippen LogP contribution in [-0.2, 0) is 81.2 Å². The van der Waals surface area contributed by atoms with Crippen LogP contribution < -0.4 is 49.3 Å². The van der Waals surface area contributed by atoms with E-state index in [1.807, 2.05) is 177 Å². The van der Waals surface area contributed by atoms with Gasteiger partial charge in [-0.2, -0.15) is 14.7 Å². The fourth-order valence-electron chi connectivity index (χ4n) is 11.7. The molecule has 7 aliphatic heterocycles. The minimum Gasteiger partial charge on any atom is -0.748 e. The van der Waals surface area contributed by atoms with Crippen molar-refractivity contribution >= 4 is 194 Å². The first-order valence-electron chi connectivity index (χ1n) is 36.2. The summed E-state index contributed by atoms with van der Waals surface area (Å²) in [5.41, 5.74) is 8.50. The van der Waals surface area contributed by atoms with Crippen molar-refractivity contribution < 1.29 is 90.2 Å². The van der Waals surface area contributed by atoms with E-state index in [0.717, 1.165) is 58.0 Å². The van der Waals surface area contributed by atoms with Gasteiger partial charge in [-0.3, -0.25) is 62.9 Å². The third kappa shape index (κ3) is 26.0. The number of urea groups is 1. The maximum Gasteiger partial charge on any atom is 1.00 e. The number of aromatic nitrogens is 1. The fraction of sp³-hybridized carbons (Fsp3) is 0.256. The Bertz CT molecular complexity index is 5060. The zero-order valence-electron chi connectivity index (χ0n) is 64.9. The van der Waals surface area contributed by atoms with Crippen molar-refractivity contribution in [3.05, 3.63) is 256 Å². The van der Waals surface area contributed by atoms with Crippen molar-refractivity contribution in [1.82, 2.24) is 44.5 Å². The van der Waals surface area contributed by atoms with Gasteiger partial charge in [0.2, 0.25) is 23.2 Å². The topological polar surface area (TPSA) is 272 Å². The van der Waals surface area contributed by atoms with Gasteiger partial charge in [0.15, 0.2) is 15.9 Å². The number of nitrogens with zero attached hydrogens (tertiary/aromatic N) is 12. The second-order valence-corrected chi connectivity index (χ2v) is 32.9. The molecule has 15 rings (SSSR count). The SMILES string of the molecule is CCCC[n+]1c(C)ccc2ccccc21.CN(C)C(=O)C1=NN(c2ccccc2)C(=O)C1.CN1CC(=O)N(C)C1=S.O=C1/C(=C2\SCC(=O)N2CCS(=O)(=O)[O-])SC(=S)N1Cc1ccccc1.O=C1CN(Cc2ccccc2)C(=O)N1Cc1ccccc1.O=C1CNC(=S)N1c1ccccc1.O=C1CSC(=S)N1Cc1ccccc1.[Na+]. The molecule has 8 aromatic rings. The molecule has 598 valence electrons. The van der Waals surface area contributed by atoms with Crippen LogP contribution in [-0.4, -0.2) is 202 Å². The normalized spacial score (nSPS) is 16.3. The molecule has 25 nitrogen and oxygen atoms in total. The molecular formula is C82H85N13NaO12S8+. The number of hydrogen-bond donors (Lipinski definition) is 1. The van der Waals surface area contributed by atoms with Crippen LogP contribution in [0.5, 0.6) is 0 Å². The van der Waals surface area contributed by atoms with Crippen LogP contribution in [0.2, 0.25) is 0 Å². The Kier molecular flexibility index (Phi) is 35.5. The molecule has 0 unspecified atom stereocenters. The largest absolute Gasteiger partial charge is 1.00 e. The number of anilines is 2. The number of benzene rings is 7. The molecule has 34 heteroatoms. The Hall–Kier alpha value is -9.49. The summed E-state index contributed by atoms with van der Waals surface area (Å²) >= 11 is 23.9. The molecule has 0 saturated carbocycles. The van der Waals surface area contributed by atoms with Gasteiger partial charge in [0.25, 0.3) is 29.5 Å². The molecule has 10 amide bonds. The fourth-order valence-corrected chi connectivity index (χ4v) is 16.2. The van der Waals surface area contributed by atoms with E-state index in [-0.39, 0.29) is 114 Å². The van der Waals surface area contributed by atoms with E-state index in [2.05, 4.69) is 65.2 Å². The summed E-state index contributed by atoms with van der Waals surface area (Å²) in [5.74, 6) is -1.13. The van der Waals surface area contributed by atoms with Crippen molar-refractivity contribution in [1.29, 1.82) is 0 Å². The van der Waals surface area contributed by atoms with Crippen LogP contribution in [0.25, 0.3) is 10.9 Å². The third-order valence-corrected chi connectivity index (χ3v) is 23.4. The number of hydrogen-bond acceptors (Lipinski definition) is 20. The summed E-state index contributed by atoms with van der Waals surface area (Å²) in [7, 11) is 2.32. The minimum atomic E-state index is -4.46. The van der Waals surface area contributed by atoms with Crippen LogP contribution >= 0.6 is 84.2 Å². The van der Waals surface area contributed by atoms with Gasteiger partial charge in [0.1, 0.15) is 32.3 Å². The first-order valence-corrected chi connectivity index (χ1v) is 42.2. The van der Waals surface area contributed by atoms with Gasteiger partial charge in [-0.25, -0.2) is 13.2 Å². The number of carbonyl (C=O) groups is 9. The predicted molar refractivity (Wildman–Crippen MR) is 465 cm³/mol. The predicted octanol–water partition coefficient (Wildman–Crippen LogP) is 7.72. The quantitative estimate of drug-likeness (QED) is 0.0228. The summed E-state index contributed by atoms with van der Waals surface area (Å²) in [6.45, 7) is 7.88. The van der Waals surface area contributed by atoms with Gasteiger partial charge in [-0.15, -0.1) is 0 Å². The Morgan fingerprint density at radius 3 is 1.55 bits per heavy atom. The van der Waals surface area contributed by atoms with Crippen molar-refractivity contribution in [2.75, 3.05) is 81.5 Å². The molecule has 0 spiro atoms. The molecule has 0 atom stereocenters. The van der Waals surface area contributed by atoms with Gasteiger partial charge in [0, 0.05) is 72.1 Å². The first kappa shape index (κ1) is 92.0. The zero-order chi connectivity index (χ0) is 82.9. The number of aryl methyl sites for hydroxylation is 2. The number of thiocarbonyl (C=S) groups is 4. The molecular weight excluding hydrogens is 1640 g/mol. The molecule has 0 radical (unpaired) electrons. The molecule has 0 aliphatic carbocycles. The van der Waals surface area contributed by atoms with E-state index in [4.69, 9.17) is 48.9 Å². The van der Waals surface area contributed by atoms with Crippen LogP contribution in [0.3, 0.4) is 0 Å². The van der Waals surface area contributed by atoms with E-state index < -0.39 is 15.9 Å². The second-order valence-electron chi connectivity index (χ2n) is 26.4. The average molecular weight is 1720 g/mol. The van der Waals surface area contributed by atoms with Crippen LogP contribution in [0, 0.1) is 6.92 Å². The molecule has 7 aliphatic rings. The van der Waals surface area contributed by atoms with E-state index in [1.54, 1.807) is 48.0 Å². The molecule has 7 aromatic carbocycles. The van der Waals surface area contributed by atoms with Crippen molar-refractivity contribution in [2.24, 2.45) is 5.10 Å². The number of thioether (sulfide) groups is 3. The number of carbonyl (C=O) groups excluding carboxylic acids is 9. The van der Waals surface area contributed by atoms with E-state index >= 15 is 0 Å². The van der Waals surface area contributed by atoms with Gasteiger partial charge >= 0.3 is 35.6 Å². The maximum atomic E-state index is 12.8. The molecule has 116 heavy (non-hydrogen) atoms.